The Balaban J connectivity index is 1.78. The average Bonchev–Trinajstić information content (AvgIpc) is 3.29. The lowest BCUT2D eigenvalue weighted by Gasteiger charge is -2.34. The summed E-state index contributed by atoms with van der Waals surface area (Å²) in [6.45, 7) is 2.34. The quantitative estimate of drug-likeness (QED) is 0.793. The van der Waals surface area contributed by atoms with Crippen LogP contribution in [0.3, 0.4) is 0 Å². The van der Waals surface area contributed by atoms with Gasteiger partial charge in [0, 0.05) is 24.7 Å². The summed E-state index contributed by atoms with van der Waals surface area (Å²) < 4.78 is 10.4. The number of carbonyl (C=O) groups is 1. The highest BCUT2D eigenvalue weighted by molar-refractivity contribution is 5.93. The van der Waals surface area contributed by atoms with Crippen molar-refractivity contribution in [3.05, 3.63) is 65.1 Å². The van der Waals surface area contributed by atoms with Gasteiger partial charge < -0.3 is 19.1 Å². The van der Waals surface area contributed by atoms with E-state index in [9.17, 15) is 4.79 Å². The van der Waals surface area contributed by atoms with Crippen LogP contribution in [0.4, 0.5) is 0 Å². The largest absolute Gasteiger partial charge is 0.497 e. The molecule has 128 valence electrons. The first-order valence-corrected chi connectivity index (χ1v) is 8.07. The first kappa shape index (κ1) is 15.4. The molecule has 1 N–H and O–H groups in total. The Bertz CT molecular complexity index is 914. The Morgan fingerprint density at radius 2 is 2.28 bits per heavy atom. The molecule has 0 spiro atoms. The van der Waals surface area contributed by atoms with Crippen molar-refractivity contribution in [2.45, 2.75) is 19.4 Å². The second-order valence-electron chi connectivity index (χ2n) is 6.02. The molecule has 1 atom stereocenters. The molecule has 0 fully saturated rings. The SMILES string of the molecule is COc1cccc(C2c3nc[nH]c3CCN2C(=O)c2cc(C)on2)c1. The Hall–Kier alpha value is -3.09. The lowest BCUT2D eigenvalue weighted by atomic mass is 9.95. The summed E-state index contributed by atoms with van der Waals surface area (Å²) in [5, 5.41) is 3.88. The summed E-state index contributed by atoms with van der Waals surface area (Å²) >= 11 is 0. The molecule has 2 aromatic heterocycles. The lowest BCUT2D eigenvalue weighted by molar-refractivity contribution is 0.0679. The summed E-state index contributed by atoms with van der Waals surface area (Å²) in [4.78, 5) is 22.4. The molecule has 1 aliphatic heterocycles. The number of nitrogens with one attached hydrogen (secondary N) is 1. The standard InChI is InChI=1S/C18H18N4O3/c1-11-8-15(21-25-11)18(23)22-7-6-14-16(20-10-19-14)17(22)12-4-3-5-13(9-12)24-2/h3-5,8-10,17H,6-7H2,1-2H3,(H,19,20). The maximum Gasteiger partial charge on any atom is 0.276 e. The number of aryl methyl sites for hydroxylation is 1. The Kier molecular flexibility index (Phi) is 3.76. The van der Waals surface area contributed by atoms with Crippen LogP contribution in [0, 0.1) is 6.92 Å². The number of hydrogen-bond donors (Lipinski definition) is 1. The van der Waals surface area contributed by atoms with Gasteiger partial charge in [0.05, 0.1) is 19.1 Å². The number of imidazole rings is 1. The third kappa shape index (κ3) is 2.67. The van der Waals surface area contributed by atoms with Crippen molar-refractivity contribution in [2.24, 2.45) is 0 Å². The molecule has 4 rings (SSSR count). The summed E-state index contributed by atoms with van der Waals surface area (Å²) in [6, 6.07) is 9.07. The van der Waals surface area contributed by atoms with Crippen LogP contribution in [0.15, 0.2) is 41.2 Å². The fourth-order valence-electron chi connectivity index (χ4n) is 3.26. The minimum Gasteiger partial charge on any atom is -0.497 e. The molecular weight excluding hydrogens is 320 g/mol. The van der Waals surface area contributed by atoms with Crippen molar-refractivity contribution in [3.8, 4) is 5.75 Å². The molecule has 0 aliphatic carbocycles. The number of methoxy groups -OCH3 is 1. The molecule has 0 saturated carbocycles. The first-order valence-electron chi connectivity index (χ1n) is 8.07. The predicted octanol–water partition coefficient (Wildman–Crippen LogP) is 2.50. The van der Waals surface area contributed by atoms with E-state index in [1.807, 2.05) is 24.3 Å². The molecule has 1 aliphatic rings. The number of aromatic nitrogens is 3. The predicted molar refractivity (Wildman–Crippen MR) is 89.4 cm³/mol. The first-order chi connectivity index (χ1) is 12.2. The fourth-order valence-corrected chi connectivity index (χ4v) is 3.26. The van der Waals surface area contributed by atoms with E-state index in [1.54, 1.807) is 31.3 Å². The number of benzene rings is 1. The number of aromatic amines is 1. The number of nitrogens with zero attached hydrogens (tertiary/aromatic N) is 3. The van der Waals surface area contributed by atoms with Crippen LogP contribution in [0.2, 0.25) is 0 Å². The van der Waals surface area contributed by atoms with Gasteiger partial charge in [0.15, 0.2) is 5.69 Å². The zero-order valence-corrected chi connectivity index (χ0v) is 14.0. The van der Waals surface area contributed by atoms with Crippen molar-refractivity contribution in [3.63, 3.8) is 0 Å². The van der Waals surface area contributed by atoms with Crippen molar-refractivity contribution < 1.29 is 14.1 Å². The molecule has 7 heteroatoms. The van der Waals surface area contributed by atoms with Gasteiger partial charge in [-0.1, -0.05) is 17.3 Å². The Morgan fingerprint density at radius 3 is 3.04 bits per heavy atom. The van der Waals surface area contributed by atoms with Crippen LogP contribution < -0.4 is 4.74 Å². The average molecular weight is 338 g/mol. The van der Waals surface area contributed by atoms with Gasteiger partial charge in [-0.05, 0) is 24.6 Å². The van der Waals surface area contributed by atoms with Crippen molar-refractivity contribution in [1.29, 1.82) is 0 Å². The molecule has 0 radical (unpaired) electrons. The summed E-state index contributed by atoms with van der Waals surface area (Å²) in [5.74, 6) is 1.18. The van der Waals surface area contributed by atoms with Crippen LogP contribution in [0.25, 0.3) is 0 Å². The second kappa shape index (κ2) is 6.08. The van der Waals surface area contributed by atoms with E-state index in [0.717, 1.165) is 29.1 Å². The summed E-state index contributed by atoms with van der Waals surface area (Å²) in [5.41, 5.74) is 3.16. The topological polar surface area (TPSA) is 84.2 Å². The van der Waals surface area contributed by atoms with Crippen molar-refractivity contribution >= 4 is 5.91 Å². The van der Waals surface area contributed by atoms with Crippen molar-refractivity contribution in [2.75, 3.05) is 13.7 Å². The second-order valence-corrected chi connectivity index (χ2v) is 6.02. The van der Waals surface area contributed by atoms with Crippen LogP contribution in [-0.4, -0.2) is 39.6 Å². The zero-order valence-electron chi connectivity index (χ0n) is 14.0. The number of rotatable bonds is 3. The number of ether oxygens (including phenoxy) is 1. The normalized spacial score (nSPS) is 16.6. The number of H-pyrrole nitrogens is 1. The number of fused-ring (bicyclic) bond motifs is 1. The Labute approximate surface area is 144 Å². The molecule has 3 heterocycles. The van der Waals surface area contributed by atoms with E-state index in [-0.39, 0.29) is 11.9 Å². The van der Waals surface area contributed by atoms with Gasteiger partial charge >= 0.3 is 0 Å². The van der Waals surface area contributed by atoms with Crippen LogP contribution in [0.1, 0.15) is 39.2 Å². The van der Waals surface area contributed by atoms with E-state index in [2.05, 4.69) is 15.1 Å². The third-order valence-corrected chi connectivity index (χ3v) is 4.44. The minimum absolute atomic E-state index is 0.168. The molecule has 0 saturated heterocycles. The van der Waals surface area contributed by atoms with Crippen molar-refractivity contribution in [1.82, 2.24) is 20.0 Å². The molecule has 1 amide bonds. The van der Waals surface area contributed by atoms with Gasteiger partial charge in [-0.25, -0.2) is 4.98 Å². The number of carbonyl (C=O) groups excluding carboxylic acids is 1. The van der Waals surface area contributed by atoms with E-state index >= 15 is 0 Å². The smallest absolute Gasteiger partial charge is 0.276 e. The zero-order chi connectivity index (χ0) is 17.4. The molecule has 7 nitrogen and oxygen atoms in total. The fraction of sp³-hybridized carbons (Fsp3) is 0.278. The lowest BCUT2D eigenvalue weighted by Crippen LogP contribution is -2.41. The number of hydrogen-bond acceptors (Lipinski definition) is 5. The molecule has 3 aromatic rings. The van der Waals surface area contributed by atoms with Gasteiger partial charge in [0.25, 0.3) is 5.91 Å². The van der Waals surface area contributed by atoms with E-state index in [1.165, 1.54) is 0 Å². The summed E-state index contributed by atoms with van der Waals surface area (Å²) in [6.07, 6.45) is 2.39. The maximum atomic E-state index is 13.0. The van der Waals surface area contributed by atoms with Crippen LogP contribution >= 0.6 is 0 Å². The van der Waals surface area contributed by atoms with E-state index in [4.69, 9.17) is 9.26 Å². The third-order valence-electron chi connectivity index (χ3n) is 4.44. The van der Waals surface area contributed by atoms with Gasteiger partial charge in [0.2, 0.25) is 0 Å². The molecule has 1 aromatic carbocycles. The maximum absolute atomic E-state index is 13.0. The van der Waals surface area contributed by atoms with Gasteiger partial charge in [0.1, 0.15) is 17.6 Å². The highest BCUT2D eigenvalue weighted by Crippen LogP contribution is 2.35. The Morgan fingerprint density at radius 1 is 1.40 bits per heavy atom. The monoisotopic (exact) mass is 338 g/mol. The number of amides is 1. The van der Waals surface area contributed by atoms with Gasteiger partial charge in [-0.15, -0.1) is 0 Å². The molecular formula is C18H18N4O3. The van der Waals surface area contributed by atoms with E-state index in [0.29, 0.717) is 18.0 Å². The minimum atomic E-state index is -0.297. The van der Waals surface area contributed by atoms with Gasteiger partial charge in [-0.3, -0.25) is 4.79 Å². The molecule has 0 bridgehead atoms. The molecule has 25 heavy (non-hydrogen) atoms. The summed E-state index contributed by atoms with van der Waals surface area (Å²) in [7, 11) is 1.63. The molecule has 1 unspecified atom stereocenters. The van der Waals surface area contributed by atoms with Crippen LogP contribution in [0.5, 0.6) is 5.75 Å². The highest BCUT2D eigenvalue weighted by atomic mass is 16.5. The van der Waals surface area contributed by atoms with Crippen LogP contribution in [-0.2, 0) is 6.42 Å². The highest BCUT2D eigenvalue weighted by Gasteiger charge is 2.35. The van der Waals surface area contributed by atoms with Gasteiger partial charge in [-0.2, -0.15) is 0 Å². The van der Waals surface area contributed by atoms with E-state index < -0.39 is 0 Å².